The molecule has 10 heteroatoms. The fourth-order valence-corrected chi connectivity index (χ4v) is 1.28. The predicted molar refractivity (Wildman–Crippen MR) is 52.4 cm³/mol. The summed E-state index contributed by atoms with van der Waals surface area (Å²) in [4.78, 5) is 22.3. The monoisotopic (exact) mass is 261 g/mol. The summed E-state index contributed by atoms with van der Waals surface area (Å²) in [6.07, 6.45) is -4.11. The Morgan fingerprint density at radius 1 is 1.44 bits per heavy atom. The minimum absolute atomic E-state index is 0.186. The van der Waals surface area contributed by atoms with Gasteiger partial charge in [0.2, 0.25) is 5.91 Å². The van der Waals surface area contributed by atoms with Gasteiger partial charge in [-0.3, -0.25) is 14.7 Å². The Bertz CT molecular complexity index is 533. The molecule has 0 saturated carbocycles. The van der Waals surface area contributed by atoms with Crippen LogP contribution in [0.2, 0.25) is 0 Å². The normalized spacial score (nSPS) is 15.3. The average molecular weight is 261 g/mol. The van der Waals surface area contributed by atoms with Gasteiger partial charge in [-0.2, -0.15) is 23.4 Å². The number of hydrogen-bond donors (Lipinski definition) is 3. The maximum Gasteiger partial charge on any atom is 0.434 e. The van der Waals surface area contributed by atoms with Gasteiger partial charge >= 0.3 is 6.18 Å². The molecular formula is C8H6F3N5O2. The maximum absolute atomic E-state index is 12.5. The van der Waals surface area contributed by atoms with Crippen molar-refractivity contribution < 1.29 is 22.8 Å². The van der Waals surface area contributed by atoms with E-state index in [0.29, 0.717) is 0 Å². The van der Waals surface area contributed by atoms with Crippen molar-refractivity contribution in [2.24, 2.45) is 5.10 Å². The molecule has 0 atom stereocenters. The van der Waals surface area contributed by atoms with Crippen LogP contribution in [-0.4, -0.2) is 27.7 Å². The Morgan fingerprint density at radius 3 is 2.72 bits per heavy atom. The van der Waals surface area contributed by atoms with Gasteiger partial charge in [-0.1, -0.05) is 0 Å². The second-order valence-electron chi connectivity index (χ2n) is 3.38. The number of carbonyl (C=O) groups excluding carboxylic acids is 2. The molecule has 1 aliphatic rings. The Kier molecular flexibility index (Phi) is 2.77. The molecule has 96 valence electrons. The minimum Gasteiger partial charge on any atom is -0.318 e. The van der Waals surface area contributed by atoms with Crippen molar-refractivity contribution in [3.8, 4) is 0 Å². The first-order chi connectivity index (χ1) is 8.38. The zero-order chi connectivity index (χ0) is 13.3. The maximum atomic E-state index is 12.5. The lowest BCUT2D eigenvalue weighted by molar-refractivity contribution is -0.140. The zero-order valence-electron chi connectivity index (χ0n) is 8.63. The molecule has 1 aromatic heterocycles. The van der Waals surface area contributed by atoms with E-state index < -0.39 is 29.4 Å². The van der Waals surface area contributed by atoms with Crippen molar-refractivity contribution in [3.05, 3.63) is 11.9 Å². The molecule has 0 aliphatic carbocycles. The van der Waals surface area contributed by atoms with E-state index in [2.05, 4.69) is 10.2 Å². The van der Waals surface area contributed by atoms with Gasteiger partial charge in [-0.15, -0.1) is 0 Å². The van der Waals surface area contributed by atoms with E-state index in [-0.39, 0.29) is 12.1 Å². The molecule has 1 aliphatic heterocycles. The van der Waals surface area contributed by atoms with E-state index in [0.717, 1.165) is 6.20 Å². The van der Waals surface area contributed by atoms with Crippen LogP contribution in [0.4, 0.5) is 18.9 Å². The molecule has 0 radical (unpaired) electrons. The van der Waals surface area contributed by atoms with Gasteiger partial charge in [0.1, 0.15) is 5.71 Å². The Morgan fingerprint density at radius 2 is 2.17 bits per heavy atom. The van der Waals surface area contributed by atoms with Gasteiger partial charge < -0.3 is 5.32 Å². The third-order valence-corrected chi connectivity index (χ3v) is 2.08. The molecule has 18 heavy (non-hydrogen) atoms. The quantitative estimate of drug-likeness (QED) is 0.711. The molecule has 3 N–H and O–H groups in total. The van der Waals surface area contributed by atoms with E-state index in [4.69, 9.17) is 0 Å². The Balaban J connectivity index is 2.13. The molecule has 0 bridgehead atoms. The first kappa shape index (κ1) is 12.1. The molecule has 0 unspecified atom stereocenters. The second-order valence-corrected chi connectivity index (χ2v) is 3.38. The van der Waals surface area contributed by atoms with Gasteiger partial charge in [0, 0.05) is 0 Å². The van der Waals surface area contributed by atoms with E-state index in [1.807, 2.05) is 10.7 Å². The summed E-state index contributed by atoms with van der Waals surface area (Å²) in [5.74, 6) is -1.39. The topological polar surface area (TPSA) is 99.2 Å². The van der Waals surface area contributed by atoms with Crippen molar-refractivity contribution in [1.82, 2.24) is 15.6 Å². The number of carbonyl (C=O) groups is 2. The van der Waals surface area contributed by atoms with Crippen LogP contribution in [0.1, 0.15) is 12.1 Å². The lowest BCUT2D eigenvalue weighted by Gasteiger charge is -2.07. The predicted octanol–water partition coefficient (Wildman–Crippen LogP) is 0.243. The zero-order valence-corrected chi connectivity index (χ0v) is 8.63. The lowest BCUT2D eigenvalue weighted by Crippen LogP contribution is -2.23. The summed E-state index contributed by atoms with van der Waals surface area (Å²) in [6, 6.07) is 0. The fourth-order valence-electron chi connectivity index (χ4n) is 1.28. The first-order valence-corrected chi connectivity index (χ1v) is 4.65. The SMILES string of the molecule is O=C1CC(C(=O)Nc2cn[nH]c2C(F)(F)F)=NN1. The third kappa shape index (κ3) is 2.31. The number of nitrogens with zero attached hydrogens (tertiary/aromatic N) is 2. The smallest absolute Gasteiger partial charge is 0.318 e. The van der Waals surface area contributed by atoms with Crippen LogP contribution < -0.4 is 10.7 Å². The summed E-state index contributed by atoms with van der Waals surface area (Å²) in [7, 11) is 0. The van der Waals surface area contributed by atoms with Gasteiger partial charge in [0.25, 0.3) is 5.91 Å². The number of amides is 2. The number of hydrogen-bond acceptors (Lipinski definition) is 4. The van der Waals surface area contributed by atoms with Crippen LogP contribution in [0.3, 0.4) is 0 Å². The van der Waals surface area contributed by atoms with Crippen LogP contribution in [0.25, 0.3) is 0 Å². The number of alkyl halides is 3. The molecule has 1 aromatic rings. The van der Waals surface area contributed by atoms with Crippen molar-refractivity contribution in [1.29, 1.82) is 0 Å². The number of aromatic nitrogens is 2. The molecule has 0 fully saturated rings. The first-order valence-electron chi connectivity index (χ1n) is 4.65. The third-order valence-electron chi connectivity index (χ3n) is 2.08. The highest BCUT2D eigenvalue weighted by molar-refractivity contribution is 6.46. The molecular weight excluding hydrogens is 255 g/mol. The molecule has 0 aromatic carbocycles. The summed E-state index contributed by atoms with van der Waals surface area (Å²) >= 11 is 0. The highest BCUT2D eigenvalue weighted by Gasteiger charge is 2.36. The lowest BCUT2D eigenvalue weighted by atomic mass is 10.2. The largest absolute Gasteiger partial charge is 0.434 e. The van der Waals surface area contributed by atoms with Crippen LogP contribution in [-0.2, 0) is 15.8 Å². The van der Waals surface area contributed by atoms with E-state index in [1.54, 1.807) is 5.10 Å². The number of anilines is 1. The van der Waals surface area contributed by atoms with Gasteiger partial charge in [-0.05, 0) is 0 Å². The van der Waals surface area contributed by atoms with Crippen molar-refractivity contribution >= 4 is 23.2 Å². The van der Waals surface area contributed by atoms with E-state index >= 15 is 0 Å². The van der Waals surface area contributed by atoms with Crippen molar-refractivity contribution in [3.63, 3.8) is 0 Å². The highest BCUT2D eigenvalue weighted by atomic mass is 19.4. The second kappa shape index (κ2) is 4.13. The Labute approximate surface area is 97.4 Å². The molecule has 2 rings (SSSR count). The number of H-pyrrole nitrogens is 1. The molecule has 2 amide bonds. The fraction of sp³-hybridized carbons (Fsp3) is 0.250. The molecule has 2 heterocycles. The van der Waals surface area contributed by atoms with Crippen LogP contribution in [0.5, 0.6) is 0 Å². The molecule has 0 saturated heterocycles. The molecule has 7 nitrogen and oxygen atoms in total. The average Bonchev–Trinajstić information content (AvgIpc) is 2.85. The summed E-state index contributed by atoms with van der Waals surface area (Å²) < 4.78 is 37.4. The summed E-state index contributed by atoms with van der Waals surface area (Å²) in [5.41, 5.74) is 0.140. The van der Waals surface area contributed by atoms with Crippen molar-refractivity contribution in [2.75, 3.05) is 5.32 Å². The van der Waals surface area contributed by atoms with E-state index in [9.17, 15) is 22.8 Å². The number of nitrogens with one attached hydrogen (secondary N) is 3. The van der Waals surface area contributed by atoms with E-state index in [1.165, 1.54) is 0 Å². The summed E-state index contributed by atoms with van der Waals surface area (Å²) in [5, 5.41) is 10.3. The van der Waals surface area contributed by atoms with Gasteiger partial charge in [0.05, 0.1) is 18.3 Å². The number of hydrazone groups is 1. The standard InChI is InChI=1S/C8H6F3N5O2/c9-8(10,11)6-4(2-12-16-6)13-7(18)3-1-5(17)15-14-3/h2H,1H2,(H,12,16)(H,13,18)(H,15,17). The van der Waals surface area contributed by atoms with Crippen LogP contribution in [0, 0.1) is 0 Å². The van der Waals surface area contributed by atoms with Gasteiger partial charge in [-0.25, -0.2) is 5.43 Å². The minimum atomic E-state index is -4.66. The van der Waals surface area contributed by atoms with Crippen molar-refractivity contribution in [2.45, 2.75) is 12.6 Å². The number of aromatic amines is 1. The summed E-state index contributed by atoms with van der Waals surface area (Å²) in [6.45, 7) is 0. The van der Waals surface area contributed by atoms with Crippen LogP contribution in [0.15, 0.2) is 11.3 Å². The Hall–Kier alpha value is -2.39. The number of rotatable bonds is 2. The van der Waals surface area contributed by atoms with Gasteiger partial charge in [0.15, 0.2) is 5.69 Å². The number of halogens is 3. The molecule has 0 spiro atoms. The van der Waals surface area contributed by atoms with Crippen LogP contribution >= 0.6 is 0 Å². The highest BCUT2D eigenvalue weighted by Crippen LogP contribution is 2.32.